The number of imide groups is 1. The number of carbonyl (C=O) groups excluding carboxylic acids is 2. The smallest absolute Gasteiger partial charge is 0.268 e. The average molecular weight is 323 g/mol. The minimum Gasteiger partial charge on any atom is -0.268 e. The van der Waals surface area contributed by atoms with E-state index < -0.39 is 0 Å². The van der Waals surface area contributed by atoms with Gasteiger partial charge in [0.15, 0.2) is 0 Å². The van der Waals surface area contributed by atoms with Crippen molar-refractivity contribution >= 4 is 29.0 Å². The van der Waals surface area contributed by atoms with Crippen molar-refractivity contribution in [2.45, 2.75) is 20.4 Å². The lowest BCUT2D eigenvalue weighted by Crippen LogP contribution is -2.27. The SMILES string of the molecule is Cc1ccc(/C=C2\SC(=O)N(Cc3cccc(C)c3)C2=O)cc1. The molecule has 23 heavy (non-hydrogen) atoms. The first-order chi connectivity index (χ1) is 11.0. The fraction of sp³-hybridized carbons (Fsp3) is 0.158. The molecule has 0 bridgehead atoms. The maximum Gasteiger partial charge on any atom is 0.293 e. The van der Waals surface area contributed by atoms with E-state index in [1.54, 1.807) is 6.08 Å². The maximum atomic E-state index is 12.5. The summed E-state index contributed by atoms with van der Waals surface area (Å²) >= 11 is 1.00. The van der Waals surface area contributed by atoms with Crippen LogP contribution in [0.25, 0.3) is 6.08 Å². The minimum absolute atomic E-state index is 0.213. The first-order valence-corrected chi connectivity index (χ1v) is 8.22. The molecule has 0 aliphatic carbocycles. The van der Waals surface area contributed by atoms with Gasteiger partial charge < -0.3 is 0 Å². The number of amides is 2. The highest BCUT2D eigenvalue weighted by Crippen LogP contribution is 2.33. The number of aryl methyl sites for hydroxylation is 2. The van der Waals surface area contributed by atoms with Crippen molar-refractivity contribution in [3.8, 4) is 0 Å². The molecule has 1 heterocycles. The molecule has 0 saturated carbocycles. The quantitative estimate of drug-likeness (QED) is 0.778. The second kappa shape index (κ2) is 6.42. The minimum atomic E-state index is -0.220. The molecule has 2 aromatic carbocycles. The van der Waals surface area contributed by atoms with Crippen LogP contribution in [0.3, 0.4) is 0 Å². The third-order valence-electron chi connectivity index (χ3n) is 3.67. The van der Waals surface area contributed by atoms with E-state index in [-0.39, 0.29) is 11.1 Å². The molecule has 1 aliphatic rings. The van der Waals surface area contributed by atoms with Gasteiger partial charge in [-0.2, -0.15) is 0 Å². The van der Waals surface area contributed by atoms with Gasteiger partial charge in [0.1, 0.15) is 0 Å². The maximum absolute atomic E-state index is 12.5. The average Bonchev–Trinajstić information content (AvgIpc) is 2.77. The number of carbonyl (C=O) groups is 2. The number of thioether (sulfide) groups is 1. The van der Waals surface area contributed by atoms with Gasteiger partial charge in [-0.05, 0) is 42.8 Å². The fourth-order valence-corrected chi connectivity index (χ4v) is 3.28. The van der Waals surface area contributed by atoms with Crippen LogP contribution in [0.5, 0.6) is 0 Å². The molecule has 0 spiro atoms. The molecule has 116 valence electrons. The molecule has 0 radical (unpaired) electrons. The first-order valence-electron chi connectivity index (χ1n) is 7.40. The van der Waals surface area contributed by atoms with Crippen LogP contribution in [0.1, 0.15) is 22.3 Å². The van der Waals surface area contributed by atoms with Crippen LogP contribution in [0.4, 0.5) is 4.79 Å². The summed E-state index contributed by atoms with van der Waals surface area (Å²) < 4.78 is 0. The van der Waals surface area contributed by atoms with Crippen LogP contribution < -0.4 is 0 Å². The molecular weight excluding hydrogens is 306 g/mol. The standard InChI is InChI=1S/C19H17NO2S/c1-13-6-8-15(9-7-13)11-17-18(21)20(19(22)23-17)12-16-5-3-4-14(2)10-16/h3-11H,12H2,1-2H3/b17-11-. The summed E-state index contributed by atoms with van der Waals surface area (Å²) in [6, 6.07) is 15.7. The molecule has 4 heteroatoms. The molecule has 2 aromatic rings. The molecule has 3 nitrogen and oxygen atoms in total. The molecular formula is C19H17NO2S. The van der Waals surface area contributed by atoms with E-state index in [0.29, 0.717) is 11.4 Å². The summed E-state index contributed by atoms with van der Waals surface area (Å²) in [7, 11) is 0. The Morgan fingerprint density at radius 2 is 1.74 bits per heavy atom. The van der Waals surface area contributed by atoms with E-state index in [4.69, 9.17) is 0 Å². The molecule has 0 atom stereocenters. The van der Waals surface area contributed by atoms with Crippen LogP contribution in [0.2, 0.25) is 0 Å². The Morgan fingerprint density at radius 3 is 2.43 bits per heavy atom. The zero-order chi connectivity index (χ0) is 16.4. The molecule has 0 N–H and O–H groups in total. The number of benzene rings is 2. The molecule has 0 aromatic heterocycles. The number of hydrogen-bond donors (Lipinski definition) is 0. The molecule has 1 fully saturated rings. The van der Waals surface area contributed by atoms with Crippen molar-refractivity contribution in [2.75, 3.05) is 0 Å². The Balaban J connectivity index is 1.81. The third kappa shape index (κ3) is 3.54. The lowest BCUT2D eigenvalue weighted by Gasteiger charge is -2.12. The summed E-state index contributed by atoms with van der Waals surface area (Å²) in [6.45, 7) is 4.33. The van der Waals surface area contributed by atoms with E-state index in [0.717, 1.165) is 34.0 Å². The predicted molar refractivity (Wildman–Crippen MR) is 93.9 cm³/mol. The van der Waals surface area contributed by atoms with Crippen molar-refractivity contribution in [1.82, 2.24) is 4.90 Å². The molecule has 0 unspecified atom stereocenters. The normalized spacial score (nSPS) is 16.4. The van der Waals surface area contributed by atoms with Crippen molar-refractivity contribution in [1.29, 1.82) is 0 Å². The predicted octanol–water partition coefficient (Wildman–Crippen LogP) is 4.54. The van der Waals surface area contributed by atoms with Gasteiger partial charge in [-0.3, -0.25) is 14.5 Å². The van der Waals surface area contributed by atoms with Crippen LogP contribution in [0.15, 0.2) is 53.4 Å². The van der Waals surface area contributed by atoms with Gasteiger partial charge in [0.05, 0.1) is 11.4 Å². The highest BCUT2D eigenvalue weighted by molar-refractivity contribution is 8.18. The molecule has 1 saturated heterocycles. The van der Waals surface area contributed by atoms with Crippen LogP contribution >= 0.6 is 11.8 Å². The van der Waals surface area contributed by atoms with Gasteiger partial charge in [0.25, 0.3) is 11.1 Å². The lowest BCUT2D eigenvalue weighted by atomic mass is 10.1. The highest BCUT2D eigenvalue weighted by Gasteiger charge is 2.34. The highest BCUT2D eigenvalue weighted by atomic mass is 32.2. The summed E-state index contributed by atoms with van der Waals surface area (Å²) in [5, 5.41) is -0.213. The number of nitrogens with zero attached hydrogens (tertiary/aromatic N) is 1. The fourth-order valence-electron chi connectivity index (χ4n) is 2.44. The van der Waals surface area contributed by atoms with Crippen LogP contribution in [0, 0.1) is 13.8 Å². The summed E-state index contributed by atoms with van der Waals surface area (Å²) in [6.07, 6.45) is 1.78. The van der Waals surface area contributed by atoms with E-state index in [1.807, 2.05) is 62.4 Å². The Bertz CT molecular complexity index is 793. The lowest BCUT2D eigenvalue weighted by molar-refractivity contribution is -0.123. The number of hydrogen-bond acceptors (Lipinski definition) is 3. The third-order valence-corrected chi connectivity index (χ3v) is 4.58. The topological polar surface area (TPSA) is 37.4 Å². The van der Waals surface area contributed by atoms with Gasteiger partial charge >= 0.3 is 0 Å². The van der Waals surface area contributed by atoms with Gasteiger partial charge in [-0.1, -0.05) is 59.7 Å². The van der Waals surface area contributed by atoms with E-state index >= 15 is 0 Å². The zero-order valence-electron chi connectivity index (χ0n) is 13.1. The van der Waals surface area contributed by atoms with E-state index in [9.17, 15) is 9.59 Å². The van der Waals surface area contributed by atoms with Gasteiger partial charge in [-0.25, -0.2) is 0 Å². The molecule has 3 rings (SSSR count). The van der Waals surface area contributed by atoms with Crippen LogP contribution in [-0.4, -0.2) is 16.0 Å². The Labute approximate surface area is 140 Å². The van der Waals surface area contributed by atoms with Crippen molar-refractivity contribution in [2.24, 2.45) is 0 Å². The van der Waals surface area contributed by atoms with Gasteiger partial charge in [0.2, 0.25) is 0 Å². The second-order valence-corrected chi connectivity index (χ2v) is 6.66. The van der Waals surface area contributed by atoms with Crippen molar-refractivity contribution in [3.63, 3.8) is 0 Å². The first kappa shape index (κ1) is 15.6. The second-order valence-electron chi connectivity index (χ2n) is 5.67. The van der Waals surface area contributed by atoms with Gasteiger partial charge in [-0.15, -0.1) is 0 Å². The van der Waals surface area contributed by atoms with E-state index in [1.165, 1.54) is 4.90 Å². The van der Waals surface area contributed by atoms with Crippen LogP contribution in [-0.2, 0) is 11.3 Å². The largest absolute Gasteiger partial charge is 0.293 e. The molecule has 1 aliphatic heterocycles. The Hall–Kier alpha value is -2.33. The van der Waals surface area contributed by atoms with Crippen molar-refractivity contribution in [3.05, 3.63) is 75.7 Å². The molecule has 2 amide bonds. The summed E-state index contributed by atoms with van der Waals surface area (Å²) in [5.41, 5.74) is 4.17. The van der Waals surface area contributed by atoms with Gasteiger partial charge in [0, 0.05) is 0 Å². The Kier molecular flexibility index (Phi) is 4.35. The number of rotatable bonds is 3. The Morgan fingerprint density at radius 1 is 1.00 bits per heavy atom. The van der Waals surface area contributed by atoms with Crippen molar-refractivity contribution < 1.29 is 9.59 Å². The van der Waals surface area contributed by atoms with E-state index in [2.05, 4.69) is 0 Å². The zero-order valence-corrected chi connectivity index (χ0v) is 13.9. The monoisotopic (exact) mass is 323 g/mol. The summed E-state index contributed by atoms with van der Waals surface area (Å²) in [4.78, 5) is 26.4. The summed E-state index contributed by atoms with van der Waals surface area (Å²) in [5.74, 6) is -0.220.